The van der Waals surface area contributed by atoms with E-state index in [-0.39, 0.29) is 12.1 Å². The van der Waals surface area contributed by atoms with Gasteiger partial charge in [-0.15, -0.1) is 0 Å². The van der Waals surface area contributed by atoms with E-state index in [4.69, 9.17) is 4.42 Å². The van der Waals surface area contributed by atoms with E-state index in [0.717, 1.165) is 36.9 Å². The molecule has 0 bridgehead atoms. The first-order valence-electron chi connectivity index (χ1n) is 9.91. The highest BCUT2D eigenvalue weighted by atomic mass is 16.3. The van der Waals surface area contributed by atoms with Crippen LogP contribution in [0.15, 0.2) is 53.1 Å². The fourth-order valence-electron chi connectivity index (χ4n) is 3.67. The highest BCUT2D eigenvalue weighted by Gasteiger charge is 2.31. The number of aromatic nitrogens is 3. The summed E-state index contributed by atoms with van der Waals surface area (Å²) in [5.74, 6) is 2.24. The predicted molar refractivity (Wildman–Crippen MR) is 108 cm³/mol. The van der Waals surface area contributed by atoms with Gasteiger partial charge >= 0.3 is 6.03 Å². The summed E-state index contributed by atoms with van der Waals surface area (Å²) in [5.41, 5.74) is 1.24. The van der Waals surface area contributed by atoms with Crippen LogP contribution in [0.5, 0.6) is 0 Å². The van der Waals surface area contributed by atoms with Crippen molar-refractivity contribution >= 4 is 6.03 Å². The molecule has 2 amide bonds. The number of urea groups is 1. The summed E-state index contributed by atoms with van der Waals surface area (Å²) in [6.07, 6.45) is 2.50. The molecule has 1 aliphatic rings. The lowest BCUT2D eigenvalue weighted by atomic mass is 10.1. The van der Waals surface area contributed by atoms with E-state index in [0.29, 0.717) is 19.6 Å². The first-order valence-corrected chi connectivity index (χ1v) is 9.91. The Kier molecular flexibility index (Phi) is 5.90. The Hall–Kier alpha value is -3.13. The van der Waals surface area contributed by atoms with Gasteiger partial charge in [0.05, 0.1) is 18.8 Å². The molecule has 3 aromatic rings. The number of aromatic amines is 1. The minimum absolute atomic E-state index is 0.0722. The molecule has 4 rings (SSSR count). The van der Waals surface area contributed by atoms with Crippen molar-refractivity contribution in [3.63, 3.8) is 0 Å². The van der Waals surface area contributed by atoms with Crippen molar-refractivity contribution in [2.24, 2.45) is 0 Å². The molecule has 152 valence electrons. The summed E-state index contributed by atoms with van der Waals surface area (Å²) in [4.78, 5) is 21.6. The fraction of sp³-hybridized carbons (Fsp3) is 0.381. The third-order valence-electron chi connectivity index (χ3n) is 5.13. The first kappa shape index (κ1) is 19.2. The van der Waals surface area contributed by atoms with Gasteiger partial charge in [-0.3, -0.25) is 10.00 Å². The third-order valence-corrected chi connectivity index (χ3v) is 5.13. The van der Waals surface area contributed by atoms with E-state index >= 15 is 0 Å². The molecule has 0 aliphatic carbocycles. The Labute approximate surface area is 169 Å². The number of hydrogen-bond acceptors (Lipinski definition) is 5. The second-order valence-corrected chi connectivity index (χ2v) is 7.29. The van der Waals surface area contributed by atoms with Gasteiger partial charge in [0.15, 0.2) is 5.82 Å². The van der Waals surface area contributed by atoms with Gasteiger partial charge in [0.2, 0.25) is 0 Å². The van der Waals surface area contributed by atoms with Crippen LogP contribution < -0.4 is 5.32 Å². The number of amides is 2. The van der Waals surface area contributed by atoms with E-state index in [1.54, 1.807) is 6.26 Å². The molecule has 29 heavy (non-hydrogen) atoms. The number of carbonyl (C=O) groups excluding carboxylic acids is 1. The SMILES string of the molecule is Cc1nc(C2CN(C(=O)NCc3ccco3)CCCN2Cc2ccccc2)n[nH]1. The van der Waals surface area contributed by atoms with Crippen LogP contribution in [0.25, 0.3) is 0 Å². The van der Waals surface area contributed by atoms with Crippen molar-refractivity contribution in [3.8, 4) is 0 Å². The van der Waals surface area contributed by atoms with Gasteiger partial charge in [-0.25, -0.2) is 9.78 Å². The standard InChI is InChI=1S/C21H26N6O2/c1-16-23-20(25-24-16)19-15-27(21(28)22-13-18-9-5-12-29-18)11-6-10-26(19)14-17-7-3-2-4-8-17/h2-5,7-9,12,19H,6,10-11,13-15H2,1H3,(H,22,28)(H,23,24,25). The highest BCUT2D eigenvalue weighted by Crippen LogP contribution is 2.25. The summed E-state index contributed by atoms with van der Waals surface area (Å²) >= 11 is 0. The number of rotatable bonds is 5. The molecule has 0 saturated carbocycles. The quantitative estimate of drug-likeness (QED) is 0.694. The molecule has 1 aliphatic heterocycles. The number of benzene rings is 1. The van der Waals surface area contributed by atoms with Gasteiger partial charge in [0.1, 0.15) is 11.6 Å². The number of aryl methyl sites for hydroxylation is 1. The van der Waals surface area contributed by atoms with E-state index in [1.165, 1.54) is 5.56 Å². The normalized spacial score (nSPS) is 17.8. The Morgan fingerprint density at radius 3 is 2.83 bits per heavy atom. The number of furan rings is 1. The van der Waals surface area contributed by atoms with Crippen LogP contribution in [0, 0.1) is 6.92 Å². The molecule has 1 aromatic carbocycles. The average Bonchev–Trinajstić information content (AvgIpc) is 3.36. The molecule has 1 unspecified atom stereocenters. The van der Waals surface area contributed by atoms with Gasteiger partial charge in [0.25, 0.3) is 0 Å². The van der Waals surface area contributed by atoms with E-state index in [9.17, 15) is 4.79 Å². The molecule has 2 N–H and O–H groups in total. The maximum absolute atomic E-state index is 12.8. The Morgan fingerprint density at radius 1 is 1.24 bits per heavy atom. The molecule has 0 radical (unpaired) electrons. The summed E-state index contributed by atoms with van der Waals surface area (Å²) in [6.45, 7) is 5.16. The van der Waals surface area contributed by atoms with Crippen LogP contribution in [0.1, 0.15) is 35.4 Å². The van der Waals surface area contributed by atoms with Gasteiger partial charge < -0.3 is 14.6 Å². The topological polar surface area (TPSA) is 90.3 Å². The van der Waals surface area contributed by atoms with E-state index in [2.05, 4.69) is 37.5 Å². The largest absolute Gasteiger partial charge is 0.467 e. The second-order valence-electron chi connectivity index (χ2n) is 7.29. The molecule has 1 fully saturated rings. The average molecular weight is 394 g/mol. The van der Waals surface area contributed by atoms with Crippen molar-refractivity contribution in [1.29, 1.82) is 0 Å². The number of hydrogen-bond donors (Lipinski definition) is 2. The highest BCUT2D eigenvalue weighted by molar-refractivity contribution is 5.74. The Bertz CT molecular complexity index is 908. The zero-order valence-electron chi connectivity index (χ0n) is 16.5. The molecule has 2 aromatic heterocycles. The van der Waals surface area contributed by atoms with Crippen LogP contribution in [0.2, 0.25) is 0 Å². The van der Waals surface area contributed by atoms with Gasteiger partial charge in [0, 0.05) is 26.2 Å². The van der Waals surface area contributed by atoms with Crippen LogP contribution in [0.4, 0.5) is 4.79 Å². The van der Waals surface area contributed by atoms with Crippen LogP contribution in [-0.2, 0) is 13.1 Å². The zero-order valence-corrected chi connectivity index (χ0v) is 16.5. The number of nitrogens with zero attached hydrogens (tertiary/aromatic N) is 4. The van der Waals surface area contributed by atoms with Crippen molar-refractivity contribution in [2.45, 2.75) is 32.5 Å². The van der Waals surface area contributed by atoms with E-state index in [1.807, 2.05) is 42.2 Å². The van der Waals surface area contributed by atoms with Crippen molar-refractivity contribution in [2.75, 3.05) is 19.6 Å². The number of carbonyl (C=O) groups is 1. The zero-order chi connectivity index (χ0) is 20.1. The molecule has 8 nitrogen and oxygen atoms in total. The van der Waals surface area contributed by atoms with Crippen molar-refractivity contribution < 1.29 is 9.21 Å². The summed E-state index contributed by atoms with van der Waals surface area (Å²) in [5, 5.41) is 10.3. The summed E-state index contributed by atoms with van der Waals surface area (Å²) in [6, 6.07) is 13.9. The minimum atomic E-state index is -0.0970. The Morgan fingerprint density at radius 2 is 2.10 bits per heavy atom. The maximum atomic E-state index is 12.8. The predicted octanol–water partition coefficient (Wildman–Crippen LogP) is 2.86. The van der Waals surface area contributed by atoms with Gasteiger partial charge in [-0.1, -0.05) is 30.3 Å². The number of nitrogens with one attached hydrogen (secondary N) is 2. The molecular weight excluding hydrogens is 368 g/mol. The molecular formula is C21H26N6O2. The van der Waals surface area contributed by atoms with Gasteiger partial charge in [-0.05, 0) is 31.0 Å². The van der Waals surface area contributed by atoms with Gasteiger partial charge in [-0.2, -0.15) is 5.10 Å². The maximum Gasteiger partial charge on any atom is 0.317 e. The molecule has 8 heteroatoms. The van der Waals surface area contributed by atoms with Crippen LogP contribution in [0.3, 0.4) is 0 Å². The summed E-state index contributed by atoms with van der Waals surface area (Å²) in [7, 11) is 0. The third kappa shape index (κ3) is 4.83. The van der Waals surface area contributed by atoms with Crippen LogP contribution in [-0.4, -0.2) is 50.6 Å². The molecule has 0 spiro atoms. The molecule has 3 heterocycles. The Balaban J connectivity index is 1.49. The fourth-order valence-corrected chi connectivity index (χ4v) is 3.67. The first-order chi connectivity index (χ1) is 14.2. The van der Waals surface area contributed by atoms with Crippen LogP contribution >= 0.6 is 0 Å². The molecule has 1 saturated heterocycles. The minimum Gasteiger partial charge on any atom is -0.467 e. The van der Waals surface area contributed by atoms with Crippen molar-refractivity contribution in [1.82, 2.24) is 30.3 Å². The number of H-pyrrole nitrogens is 1. The smallest absolute Gasteiger partial charge is 0.317 e. The summed E-state index contributed by atoms with van der Waals surface area (Å²) < 4.78 is 5.31. The van der Waals surface area contributed by atoms with Crippen molar-refractivity contribution in [3.05, 3.63) is 71.7 Å². The lowest BCUT2D eigenvalue weighted by Gasteiger charge is -2.30. The molecule has 1 atom stereocenters. The lowest BCUT2D eigenvalue weighted by molar-refractivity contribution is 0.162. The van der Waals surface area contributed by atoms with E-state index < -0.39 is 0 Å². The second kappa shape index (κ2) is 8.91. The lowest BCUT2D eigenvalue weighted by Crippen LogP contribution is -2.43. The monoisotopic (exact) mass is 394 g/mol.